The second-order valence-corrected chi connectivity index (χ2v) is 7.10. The molecule has 0 fully saturated rings. The maximum absolute atomic E-state index is 12.2. The number of nitrogens with zero attached hydrogens (tertiary/aromatic N) is 4. The Balaban J connectivity index is 2.58. The van der Waals surface area contributed by atoms with E-state index in [1.165, 1.54) is 4.68 Å². The molecule has 8 heteroatoms. The second kappa shape index (κ2) is 8.94. The van der Waals surface area contributed by atoms with Gasteiger partial charge in [0.15, 0.2) is 0 Å². The van der Waals surface area contributed by atoms with Crippen molar-refractivity contribution in [2.24, 2.45) is 0 Å². The molecule has 25 heavy (non-hydrogen) atoms. The van der Waals surface area contributed by atoms with E-state index in [0.29, 0.717) is 30.0 Å². The molecule has 1 atom stereocenters. The van der Waals surface area contributed by atoms with Crippen LogP contribution in [0.5, 0.6) is 0 Å². The van der Waals surface area contributed by atoms with Crippen molar-refractivity contribution in [1.29, 1.82) is 0 Å². The zero-order chi connectivity index (χ0) is 19.3. The molecular formula is C17H31N5O3. The lowest BCUT2D eigenvalue weighted by atomic mass is 10.2. The summed E-state index contributed by atoms with van der Waals surface area (Å²) in [5, 5.41) is 18.2. The summed E-state index contributed by atoms with van der Waals surface area (Å²) in [5.41, 5.74) is 0.883. The molecule has 0 saturated carbocycles. The summed E-state index contributed by atoms with van der Waals surface area (Å²) in [6.45, 7) is 14.9. The van der Waals surface area contributed by atoms with Gasteiger partial charge in [-0.25, -0.2) is 0 Å². The van der Waals surface area contributed by atoms with Gasteiger partial charge >= 0.3 is 5.69 Å². The third-order valence-corrected chi connectivity index (χ3v) is 4.30. The van der Waals surface area contributed by atoms with Gasteiger partial charge in [-0.3, -0.25) is 24.5 Å². The molecule has 0 bridgehead atoms. The number of carbonyl (C=O) groups is 1. The predicted octanol–water partition coefficient (Wildman–Crippen LogP) is 2.42. The molecule has 1 aromatic heterocycles. The van der Waals surface area contributed by atoms with Crippen molar-refractivity contribution in [3.05, 3.63) is 21.5 Å². The lowest BCUT2D eigenvalue weighted by molar-refractivity contribution is -0.386. The minimum absolute atomic E-state index is 0.0262. The van der Waals surface area contributed by atoms with Crippen LogP contribution >= 0.6 is 0 Å². The van der Waals surface area contributed by atoms with Crippen LogP contribution in [0.15, 0.2) is 0 Å². The SMILES string of the molecule is Cc1nn(CCC(=O)N[C@@H](C)CN(C(C)C)C(C)C)c(C)c1[N+](=O)[O-]. The van der Waals surface area contributed by atoms with Crippen LogP contribution in [-0.2, 0) is 11.3 Å². The Labute approximate surface area is 149 Å². The van der Waals surface area contributed by atoms with E-state index in [0.717, 1.165) is 6.54 Å². The molecule has 1 N–H and O–H groups in total. The third-order valence-electron chi connectivity index (χ3n) is 4.30. The first-order chi connectivity index (χ1) is 11.5. The fourth-order valence-corrected chi connectivity index (χ4v) is 3.10. The van der Waals surface area contributed by atoms with Gasteiger partial charge in [0, 0.05) is 31.1 Å². The van der Waals surface area contributed by atoms with Crippen molar-refractivity contribution in [1.82, 2.24) is 20.0 Å². The van der Waals surface area contributed by atoms with Crippen molar-refractivity contribution in [2.75, 3.05) is 6.54 Å². The van der Waals surface area contributed by atoms with Gasteiger partial charge in [0.1, 0.15) is 11.4 Å². The Hall–Kier alpha value is -1.96. The minimum atomic E-state index is -0.428. The van der Waals surface area contributed by atoms with Gasteiger partial charge in [-0.15, -0.1) is 0 Å². The molecule has 1 amide bonds. The van der Waals surface area contributed by atoms with Crippen molar-refractivity contribution in [2.45, 2.75) is 79.6 Å². The van der Waals surface area contributed by atoms with E-state index < -0.39 is 4.92 Å². The smallest absolute Gasteiger partial charge is 0.312 e. The normalized spacial score (nSPS) is 12.9. The molecule has 142 valence electrons. The van der Waals surface area contributed by atoms with Crippen LogP contribution in [0.3, 0.4) is 0 Å². The van der Waals surface area contributed by atoms with E-state index in [-0.39, 0.29) is 24.1 Å². The number of carbonyl (C=O) groups excluding carboxylic acids is 1. The van der Waals surface area contributed by atoms with Crippen LogP contribution in [0.25, 0.3) is 0 Å². The highest BCUT2D eigenvalue weighted by molar-refractivity contribution is 5.76. The summed E-state index contributed by atoms with van der Waals surface area (Å²) >= 11 is 0. The maximum Gasteiger partial charge on any atom is 0.312 e. The summed E-state index contributed by atoms with van der Waals surface area (Å²) in [7, 11) is 0. The standard InChI is InChI=1S/C17H31N5O3/c1-11(2)20(12(3)4)10-13(5)18-16(23)8-9-21-15(7)17(22(24)25)14(6)19-21/h11-13H,8-10H2,1-7H3,(H,18,23)/t13-/m0/s1. The molecule has 0 unspecified atom stereocenters. The quantitative estimate of drug-likeness (QED) is 0.543. The maximum atomic E-state index is 12.2. The highest BCUT2D eigenvalue weighted by atomic mass is 16.6. The van der Waals surface area contributed by atoms with Crippen LogP contribution in [0.2, 0.25) is 0 Å². The summed E-state index contributed by atoms with van der Waals surface area (Å²) < 4.78 is 1.53. The van der Waals surface area contributed by atoms with Crippen molar-refractivity contribution in [3.8, 4) is 0 Å². The average Bonchev–Trinajstić information content (AvgIpc) is 2.76. The number of rotatable bonds is 9. The van der Waals surface area contributed by atoms with Gasteiger partial charge in [0.2, 0.25) is 5.91 Å². The van der Waals surface area contributed by atoms with Gasteiger partial charge in [-0.05, 0) is 48.5 Å². The molecule has 0 spiro atoms. The lowest BCUT2D eigenvalue weighted by Crippen LogP contribution is -2.47. The molecule has 1 heterocycles. The largest absolute Gasteiger partial charge is 0.352 e. The van der Waals surface area contributed by atoms with Gasteiger partial charge < -0.3 is 5.32 Å². The first kappa shape index (κ1) is 21.1. The Morgan fingerprint density at radius 3 is 2.24 bits per heavy atom. The van der Waals surface area contributed by atoms with Crippen LogP contribution in [0.1, 0.15) is 52.4 Å². The molecule has 0 aromatic carbocycles. The summed E-state index contributed by atoms with van der Waals surface area (Å²) in [5.74, 6) is -0.0739. The monoisotopic (exact) mass is 353 g/mol. The number of nitrogens with one attached hydrogen (secondary N) is 1. The molecule has 0 radical (unpaired) electrons. The van der Waals surface area contributed by atoms with E-state index in [1.54, 1.807) is 13.8 Å². The Bertz CT molecular complexity index is 602. The Morgan fingerprint density at radius 1 is 1.24 bits per heavy atom. The number of aryl methyl sites for hydroxylation is 2. The molecule has 1 rings (SSSR count). The second-order valence-electron chi connectivity index (χ2n) is 7.10. The molecule has 0 aliphatic rings. The van der Waals surface area contributed by atoms with E-state index in [4.69, 9.17) is 0 Å². The molecule has 0 aliphatic carbocycles. The van der Waals surface area contributed by atoms with E-state index in [9.17, 15) is 14.9 Å². The summed E-state index contributed by atoms with van der Waals surface area (Å²) in [6.07, 6.45) is 0.243. The Kier molecular flexibility index (Phi) is 7.54. The van der Waals surface area contributed by atoms with Gasteiger partial charge in [-0.1, -0.05) is 0 Å². The van der Waals surface area contributed by atoms with Crippen molar-refractivity contribution < 1.29 is 9.72 Å². The van der Waals surface area contributed by atoms with Crippen LogP contribution in [0.4, 0.5) is 5.69 Å². The van der Waals surface area contributed by atoms with E-state index >= 15 is 0 Å². The Morgan fingerprint density at radius 2 is 1.80 bits per heavy atom. The van der Waals surface area contributed by atoms with E-state index in [2.05, 4.69) is 43.0 Å². The number of aromatic nitrogens is 2. The van der Waals surface area contributed by atoms with Crippen LogP contribution in [0, 0.1) is 24.0 Å². The fourth-order valence-electron chi connectivity index (χ4n) is 3.10. The summed E-state index contributed by atoms with van der Waals surface area (Å²) in [4.78, 5) is 25.1. The van der Waals surface area contributed by atoms with Gasteiger partial charge in [-0.2, -0.15) is 5.10 Å². The number of hydrogen-bond acceptors (Lipinski definition) is 5. The molecule has 8 nitrogen and oxygen atoms in total. The van der Waals surface area contributed by atoms with Gasteiger partial charge in [0.05, 0.1) is 11.5 Å². The number of nitro groups is 1. The minimum Gasteiger partial charge on any atom is -0.352 e. The number of hydrogen-bond donors (Lipinski definition) is 1. The zero-order valence-electron chi connectivity index (χ0n) is 16.4. The third kappa shape index (κ3) is 5.81. The van der Waals surface area contributed by atoms with Crippen molar-refractivity contribution >= 4 is 11.6 Å². The molecule has 0 saturated heterocycles. The highest BCUT2D eigenvalue weighted by Gasteiger charge is 2.22. The lowest BCUT2D eigenvalue weighted by Gasteiger charge is -2.33. The zero-order valence-corrected chi connectivity index (χ0v) is 16.4. The first-order valence-electron chi connectivity index (χ1n) is 8.78. The number of amides is 1. The van der Waals surface area contributed by atoms with Crippen LogP contribution in [-0.4, -0.2) is 50.2 Å². The van der Waals surface area contributed by atoms with Gasteiger partial charge in [0.25, 0.3) is 0 Å². The predicted molar refractivity (Wildman–Crippen MR) is 97.6 cm³/mol. The van der Waals surface area contributed by atoms with Crippen LogP contribution < -0.4 is 5.32 Å². The fraction of sp³-hybridized carbons (Fsp3) is 0.765. The summed E-state index contributed by atoms with van der Waals surface area (Å²) in [6, 6.07) is 0.858. The molecule has 0 aliphatic heterocycles. The topological polar surface area (TPSA) is 93.3 Å². The van der Waals surface area contributed by atoms with E-state index in [1.807, 2.05) is 6.92 Å². The van der Waals surface area contributed by atoms with Crippen molar-refractivity contribution in [3.63, 3.8) is 0 Å². The highest BCUT2D eigenvalue weighted by Crippen LogP contribution is 2.21. The average molecular weight is 353 g/mol. The first-order valence-corrected chi connectivity index (χ1v) is 8.78. The molecule has 1 aromatic rings. The molecular weight excluding hydrogens is 322 g/mol.